The van der Waals surface area contributed by atoms with Gasteiger partial charge in [0, 0.05) is 0 Å². The molecule has 2 aromatic rings. The first kappa shape index (κ1) is 20.4. The fourth-order valence-electron chi connectivity index (χ4n) is 2.94. The third-order valence-electron chi connectivity index (χ3n) is 4.31. The summed E-state index contributed by atoms with van der Waals surface area (Å²) < 4.78 is 17.5. The Morgan fingerprint density at radius 1 is 1.00 bits per heavy atom. The summed E-state index contributed by atoms with van der Waals surface area (Å²) in [6.07, 6.45) is 3.64. The van der Waals surface area contributed by atoms with E-state index < -0.39 is 0 Å². The van der Waals surface area contributed by atoms with Gasteiger partial charge in [0.25, 0.3) is 0 Å². The van der Waals surface area contributed by atoms with Gasteiger partial charge < -0.3 is 31.9 Å². The maximum atomic E-state index is 6.11. The summed E-state index contributed by atoms with van der Waals surface area (Å²) in [5.74, 6) is 2.22. The number of benzene rings is 2. The number of hydrogen-bond acceptors (Lipinski definition) is 4. The minimum Gasteiger partial charge on any atom is -1.00 e. The molecule has 1 atom stereocenters. The zero-order valence-electron chi connectivity index (χ0n) is 15.2. The van der Waals surface area contributed by atoms with Crippen LogP contribution in [0.2, 0.25) is 0 Å². The maximum absolute atomic E-state index is 6.11. The molecule has 0 aromatic heterocycles. The number of fused-ring (bicyclic) bond motifs is 1. The Hall–Kier alpha value is -1.91. The van der Waals surface area contributed by atoms with Crippen molar-refractivity contribution >= 4 is 0 Å². The zero-order valence-corrected chi connectivity index (χ0v) is 16.0. The number of ether oxygens (including phenoxy) is 3. The van der Waals surface area contributed by atoms with Crippen LogP contribution in [0.25, 0.3) is 0 Å². The van der Waals surface area contributed by atoms with Gasteiger partial charge in [0.2, 0.25) is 5.75 Å². The van der Waals surface area contributed by atoms with Crippen LogP contribution in [0.5, 0.6) is 17.2 Å². The summed E-state index contributed by atoms with van der Waals surface area (Å²) >= 11 is 0. The lowest BCUT2D eigenvalue weighted by Crippen LogP contribution is -3.00. The molecule has 0 aliphatic carbocycles. The van der Waals surface area contributed by atoms with Crippen molar-refractivity contribution in [1.82, 2.24) is 5.32 Å². The summed E-state index contributed by atoms with van der Waals surface area (Å²) in [6, 6.07) is 16.4. The van der Waals surface area contributed by atoms with Gasteiger partial charge in [-0.15, -0.1) is 0 Å². The Morgan fingerprint density at radius 2 is 1.81 bits per heavy atom. The van der Waals surface area contributed by atoms with E-state index in [4.69, 9.17) is 14.2 Å². The molecule has 4 nitrogen and oxygen atoms in total. The second-order valence-corrected chi connectivity index (χ2v) is 6.22. The Kier molecular flexibility index (Phi) is 8.59. The molecule has 0 fully saturated rings. The molecule has 0 saturated heterocycles. The van der Waals surface area contributed by atoms with Crippen molar-refractivity contribution in [2.75, 3.05) is 26.4 Å². The van der Waals surface area contributed by atoms with Crippen LogP contribution in [0.15, 0.2) is 48.5 Å². The molecule has 1 aliphatic heterocycles. The lowest BCUT2D eigenvalue weighted by atomic mass is 10.1. The summed E-state index contributed by atoms with van der Waals surface area (Å²) in [6.45, 7) is 4.91. The number of para-hydroxylation sites is 1. The number of hydrogen-bond donors (Lipinski definition) is 1. The lowest BCUT2D eigenvalue weighted by molar-refractivity contribution is -0.00000607. The molecule has 142 valence electrons. The molecular weight excluding hydrogens is 350 g/mol. The quantitative estimate of drug-likeness (QED) is 0.671. The van der Waals surface area contributed by atoms with E-state index >= 15 is 0 Å². The summed E-state index contributed by atoms with van der Waals surface area (Å²) in [7, 11) is 0. The number of unbranched alkanes of at least 4 members (excludes halogenated alkanes) is 2. The highest BCUT2D eigenvalue weighted by Crippen LogP contribution is 2.39. The van der Waals surface area contributed by atoms with E-state index in [9.17, 15) is 0 Å². The van der Waals surface area contributed by atoms with Crippen LogP contribution >= 0.6 is 0 Å². The van der Waals surface area contributed by atoms with E-state index in [-0.39, 0.29) is 18.4 Å². The van der Waals surface area contributed by atoms with Gasteiger partial charge in [-0.3, -0.25) is 0 Å². The Morgan fingerprint density at radius 3 is 2.62 bits per heavy atom. The third-order valence-corrected chi connectivity index (χ3v) is 4.31. The largest absolute Gasteiger partial charge is 1.00 e. The fraction of sp³-hybridized carbons (Fsp3) is 0.429. The van der Waals surface area contributed by atoms with Crippen LogP contribution in [0.3, 0.4) is 0 Å². The van der Waals surface area contributed by atoms with Gasteiger partial charge in [-0.05, 0) is 30.7 Å². The van der Waals surface area contributed by atoms with Gasteiger partial charge in [0.1, 0.15) is 19.8 Å². The van der Waals surface area contributed by atoms with Gasteiger partial charge >= 0.3 is 0 Å². The molecule has 0 amide bonds. The molecule has 1 aliphatic rings. The van der Waals surface area contributed by atoms with Gasteiger partial charge in [-0.1, -0.05) is 56.2 Å². The van der Waals surface area contributed by atoms with Crippen molar-refractivity contribution < 1.29 is 26.6 Å². The van der Waals surface area contributed by atoms with Crippen LogP contribution in [0.4, 0.5) is 0 Å². The van der Waals surface area contributed by atoms with Crippen molar-refractivity contribution in [2.45, 2.75) is 32.2 Å². The fourth-order valence-corrected chi connectivity index (χ4v) is 2.94. The first-order valence-electron chi connectivity index (χ1n) is 9.18. The first-order valence-corrected chi connectivity index (χ1v) is 9.18. The van der Waals surface area contributed by atoms with Crippen LogP contribution < -0.4 is 31.9 Å². The van der Waals surface area contributed by atoms with Crippen LogP contribution in [-0.2, 0) is 0 Å². The van der Waals surface area contributed by atoms with E-state index in [1.165, 1.54) is 24.8 Å². The topological polar surface area (TPSA) is 39.7 Å². The minimum atomic E-state index is 0. The maximum Gasteiger partial charge on any atom is 0.203 e. The monoisotopic (exact) mass is 376 g/mol. The average Bonchev–Trinajstić information content (AvgIpc) is 2.68. The predicted molar refractivity (Wildman–Crippen MR) is 99.6 cm³/mol. The third kappa shape index (κ3) is 5.55. The van der Waals surface area contributed by atoms with Crippen LogP contribution in [-0.4, -0.2) is 26.4 Å². The Balaban J connectivity index is 0.00000243. The normalized spacial score (nSPS) is 13.6. The van der Waals surface area contributed by atoms with Crippen molar-refractivity contribution in [3.05, 3.63) is 54.1 Å². The highest BCUT2D eigenvalue weighted by Gasteiger charge is 2.18. The lowest BCUT2D eigenvalue weighted by Gasteiger charge is -2.23. The van der Waals surface area contributed by atoms with Crippen molar-refractivity contribution in [1.29, 1.82) is 0 Å². The van der Waals surface area contributed by atoms with Crippen molar-refractivity contribution in [3.63, 3.8) is 0 Å². The summed E-state index contributed by atoms with van der Waals surface area (Å²) in [4.78, 5) is 0. The Bertz CT molecular complexity index is 651. The molecule has 2 aromatic carbocycles. The predicted octanol–water partition coefficient (Wildman–Crippen LogP) is 1.36. The molecule has 0 saturated carbocycles. The molecule has 1 N–H and O–H groups in total. The van der Waals surface area contributed by atoms with Gasteiger partial charge in [0.15, 0.2) is 11.5 Å². The highest BCUT2D eigenvalue weighted by molar-refractivity contribution is 5.51. The van der Waals surface area contributed by atoms with Crippen molar-refractivity contribution in [2.24, 2.45) is 0 Å². The second-order valence-electron chi connectivity index (χ2n) is 6.22. The molecule has 3 rings (SSSR count). The van der Waals surface area contributed by atoms with Crippen LogP contribution in [0, 0.1) is 0 Å². The van der Waals surface area contributed by atoms with Gasteiger partial charge in [-0.25, -0.2) is 0 Å². The second kappa shape index (κ2) is 10.9. The molecule has 26 heavy (non-hydrogen) atoms. The number of rotatable bonds is 9. The van der Waals surface area contributed by atoms with Crippen molar-refractivity contribution in [3.8, 4) is 17.2 Å². The average molecular weight is 377 g/mol. The zero-order chi connectivity index (χ0) is 17.3. The van der Waals surface area contributed by atoms with Gasteiger partial charge in [-0.2, -0.15) is 0 Å². The number of halogens is 1. The molecule has 1 unspecified atom stereocenters. The smallest absolute Gasteiger partial charge is 0.203 e. The van der Waals surface area contributed by atoms with E-state index in [2.05, 4.69) is 36.5 Å². The Labute approximate surface area is 162 Å². The number of nitrogens with one attached hydrogen (secondary N) is 1. The van der Waals surface area contributed by atoms with Crippen LogP contribution in [0.1, 0.15) is 37.8 Å². The van der Waals surface area contributed by atoms with E-state index in [1.807, 2.05) is 24.3 Å². The molecule has 0 bridgehead atoms. The van der Waals surface area contributed by atoms with Gasteiger partial charge in [0.05, 0.1) is 6.04 Å². The minimum absolute atomic E-state index is 0. The standard InChI is InChI=1S/C21H27NO3.ClH/c1-2-3-7-13-22-18(17-9-5-4-6-10-17)16-25-20-12-8-11-19-21(20)24-15-14-23-19;/h4-6,8-12,18,22H,2-3,7,13-16H2,1H3;1H/p-1. The molecular formula is C21H27ClNO3-. The van der Waals surface area contributed by atoms with E-state index in [0.29, 0.717) is 25.6 Å². The summed E-state index contributed by atoms with van der Waals surface area (Å²) in [5, 5.41) is 3.62. The SMILES string of the molecule is CCCCCNC(COc1cccc2c1OCCO2)c1ccccc1.[Cl-]. The molecule has 1 heterocycles. The van der Waals surface area contributed by atoms with E-state index in [0.717, 1.165) is 18.0 Å². The van der Waals surface area contributed by atoms with E-state index in [1.54, 1.807) is 0 Å². The molecule has 0 spiro atoms. The molecule has 5 heteroatoms. The molecule has 0 radical (unpaired) electrons. The summed E-state index contributed by atoms with van der Waals surface area (Å²) in [5.41, 5.74) is 1.24. The highest BCUT2D eigenvalue weighted by atomic mass is 35.5. The first-order chi connectivity index (χ1) is 12.4.